The third kappa shape index (κ3) is 5.66. The predicted molar refractivity (Wildman–Crippen MR) is 81.9 cm³/mol. The van der Waals surface area contributed by atoms with E-state index in [2.05, 4.69) is 18.7 Å². The summed E-state index contributed by atoms with van der Waals surface area (Å²) < 4.78 is 0. The van der Waals surface area contributed by atoms with Crippen LogP contribution in [0.1, 0.15) is 25.3 Å². The molecule has 0 bridgehead atoms. The highest BCUT2D eigenvalue weighted by Crippen LogP contribution is 2.21. The zero-order chi connectivity index (χ0) is 14.1. The third-order valence-electron chi connectivity index (χ3n) is 3.23. The first kappa shape index (κ1) is 16.1. The van der Waals surface area contributed by atoms with Gasteiger partial charge in [0.15, 0.2) is 0 Å². The molecule has 1 aromatic rings. The number of nitrogens with zero attached hydrogens (tertiary/aromatic N) is 1. The van der Waals surface area contributed by atoms with E-state index in [0.717, 1.165) is 31.0 Å². The molecule has 0 saturated carbocycles. The van der Waals surface area contributed by atoms with Gasteiger partial charge in [0, 0.05) is 18.1 Å². The normalized spacial score (nSPS) is 12.6. The van der Waals surface area contributed by atoms with Crippen molar-refractivity contribution >= 4 is 17.7 Å². The van der Waals surface area contributed by atoms with Crippen molar-refractivity contribution in [3.05, 3.63) is 35.9 Å². The van der Waals surface area contributed by atoms with Gasteiger partial charge in [-0.3, -0.25) is 4.79 Å². The predicted octanol–water partition coefficient (Wildman–Crippen LogP) is 2.93. The van der Waals surface area contributed by atoms with Crippen molar-refractivity contribution in [1.82, 2.24) is 4.90 Å². The van der Waals surface area contributed by atoms with E-state index < -0.39 is 11.9 Å². The highest BCUT2D eigenvalue weighted by Gasteiger charge is 2.19. The molecule has 4 heteroatoms. The molecule has 0 aliphatic heterocycles. The second kappa shape index (κ2) is 8.99. The van der Waals surface area contributed by atoms with Crippen LogP contribution in [0.2, 0.25) is 0 Å². The fourth-order valence-corrected chi connectivity index (χ4v) is 3.05. The van der Waals surface area contributed by atoms with Crippen LogP contribution in [0.15, 0.2) is 30.3 Å². The van der Waals surface area contributed by atoms with E-state index in [1.54, 1.807) is 11.8 Å². The lowest BCUT2D eigenvalue weighted by molar-refractivity contribution is -0.138. The monoisotopic (exact) mass is 281 g/mol. The van der Waals surface area contributed by atoms with Gasteiger partial charge in [-0.1, -0.05) is 44.2 Å². The largest absolute Gasteiger partial charge is 0.481 e. The highest BCUT2D eigenvalue weighted by atomic mass is 32.2. The van der Waals surface area contributed by atoms with E-state index in [4.69, 9.17) is 0 Å². The highest BCUT2D eigenvalue weighted by molar-refractivity contribution is 7.99. The standard InChI is InChI=1S/C15H23NO2S/c1-3-16(4-2)10-11-19-12-14(15(17)18)13-8-6-5-7-9-13/h5-9,14H,3-4,10-12H2,1-2H3,(H,17,18). The molecule has 0 radical (unpaired) electrons. The van der Waals surface area contributed by atoms with Crippen molar-refractivity contribution in [3.63, 3.8) is 0 Å². The molecule has 0 amide bonds. The average molecular weight is 281 g/mol. The molecule has 0 aliphatic rings. The van der Waals surface area contributed by atoms with Crippen LogP contribution in [0.5, 0.6) is 0 Å². The maximum absolute atomic E-state index is 11.3. The second-order valence-corrected chi connectivity index (χ2v) is 5.55. The first-order chi connectivity index (χ1) is 9.19. The maximum Gasteiger partial charge on any atom is 0.311 e. The molecule has 0 spiro atoms. The number of benzene rings is 1. The van der Waals surface area contributed by atoms with Crippen LogP contribution in [0.3, 0.4) is 0 Å². The Labute approximate surface area is 120 Å². The third-order valence-corrected chi connectivity index (χ3v) is 4.27. The van der Waals surface area contributed by atoms with Gasteiger partial charge in [-0.25, -0.2) is 0 Å². The summed E-state index contributed by atoms with van der Waals surface area (Å²) in [6.45, 7) is 7.44. The molecular formula is C15H23NO2S. The van der Waals surface area contributed by atoms with Gasteiger partial charge in [-0.2, -0.15) is 11.8 Å². The Bertz CT molecular complexity index is 366. The molecule has 1 rings (SSSR count). The van der Waals surface area contributed by atoms with Crippen LogP contribution in [0.4, 0.5) is 0 Å². The SMILES string of the molecule is CCN(CC)CCSCC(C(=O)O)c1ccccc1. The molecule has 0 aliphatic carbocycles. The van der Waals surface area contributed by atoms with E-state index in [-0.39, 0.29) is 0 Å². The first-order valence-electron chi connectivity index (χ1n) is 6.76. The molecule has 0 fully saturated rings. The van der Waals surface area contributed by atoms with Crippen molar-refractivity contribution in [2.45, 2.75) is 19.8 Å². The lowest BCUT2D eigenvalue weighted by Crippen LogP contribution is -2.25. The van der Waals surface area contributed by atoms with Crippen LogP contribution in [0.25, 0.3) is 0 Å². The minimum absolute atomic E-state index is 0.400. The summed E-state index contributed by atoms with van der Waals surface area (Å²) in [7, 11) is 0. The molecule has 1 atom stereocenters. The Kier molecular flexibility index (Phi) is 7.60. The summed E-state index contributed by atoms with van der Waals surface area (Å²) >= 11 is 1.72. The Morgan fingerprint density at radius 3 is 2.42 bits per heavy atom. The number of rotatable bonds is 9. The van der Waals surface area contributed by atoms with Gasteiger partial charge in [0.1, 0.15) is 0 Å². The minimum atomic E-state index is -0.735. The molecule has 1 aromatic carbocycles. The fraction of sp³-hybridized carbons (Fsp3) is 0.533. The fourth-order valence-electron chi connectivity index (χ4n) is 1.93. The van der Waals surface area contributed by atoms with Crippen LogP contribution in [-0.2, 0) is 4.79 Å². The Hall–Kier alpha value is -1.00. The minimum Gasteiger partial charge on any atom is -0.481 e. The number of carboxylic acid groups (broad SMARTS) is 1. The van der Waals surface area contributed by atoms with Gasteiger partial charge in [0.25, 0.3) is 0 Å². The van der Waals surface area contributed by atoms with Crippen LogP contribution in [-0.4, -0.2) is 47.1 Å². The van der Waals surface area contributed by atoms with Crippen LogP contribution < -0.4 is 0 Å². The average Bonchev–Trinajstić information content (AvgIpc) is 2.43. The molecule has 0 heterocycles. The number of aliphatic carboxylic acids is 1. The zero-order valence-corrected chi connectivity index (χ0v) is 12.5. The van der Waals surface area contributed by atoms with Gasteiger partial charge in [0.2, 0.25) is 0 Å². The van der Waals surface area contributed by atoms with Crippen LogP contribution in [0, 0.1) is 0 Å². The molecule has 0 saturated heterocycles. The summed E-state index contributed by atoms with van der Waals surface area (Å²) in [5, 5.41) is 9.30. The zero-order valence-electron chi connectivity index (χ0n) is 11.7. The number of hydrogen-bond acceptors (Lipinski definition) is 3. The van der Waals surface area contributed by atoms with Crippen molar-refractivity contribution in [2.75, 3.05) is 31.1 Å². The van der Waals surface area contributed by atoms with Gasteiger partial charge >= 0.3 is 5.97 Å². The molecule has 19 heavy (non-hydrogen) atoms. The first-order valence-corrected chi connectivity index (χ1v) is 7.92. The van der Waals surface area contributed by atoms with E-state index in [1.807, 2.05) is 30.3 Å². The summed E-state index contributed by atoms with van der Waals surface area (Å²) in [4.78, 5) is 13.7. The van der Waals surface area contributed by atoms with Gasteiger partial charge < -0.3 is 10.0 Å². The van der Waals surface area contributed by atoms with Crippen molar-refractivity contribution in [3.8, 4) is 0 Å². The number of carbonyl (C=O) groups is 1. The molecule has 1 unspecified atom stereocenters. The quantitative estimate of drug-likeness (QED) is 0.707. The summed E-state index contributed by atoms with van der Waals surface area (Å²) in [6.07, 6.45) is 0. The number of thioether (sulfide) groups is 1. The summed E-state index contributed by atoms with van der Waals surface area (Å²) in [6, 6.07) is 9.49. The molecule has 106 valence electrons. The molecular weight excluding hydrogens is 258 g/mol. The second-order valence-electron chi connectivity index (χ2n) is 4.40. The van der Waals surface area contributed by atoms with Crippen LogP contribution >= 0.6 is 11.8 Å². The summed E-state index contributed by atoms with van der Waals surface area (Å²) in [5.74, 6) is 0.489. The van der Waals surface area contributed by atoms with Crippen molar-refractivity contribution < 1.29 is 9.90 Å². The van der Waals surface area contributed by atoms with Gasteiger partial charge in [-0.15, -0.1) is 0 Å². The Balaban J connectivity index is 2.42. The number of carboxylic acids is 1. The van der Waals surface area contributed by atoms with Crippen molar-refractivity contribution in [2.24, 2.45) is 0 Å². The Morgan fingerprint density at radius 2 is 1.89 bits per heavy atom. The maximum atomic E-state index is 11.3. The van der Waals surface area contributed by atoms with E-state index in [9.17, 15) is 9.90 Å². The lowest BCUT2D eigenvalue weighted by atomic mass is 10.0. The molecule has 3 nitrogen and oxygen atoms in total. The van der Waals surface area contributed by atoms with Crippen molar-refractivity contribution in [1.29, 1.82) is 0 Å². The lowest BCUT2D eigenvalue weighted by Gasteiger charge is -2.18. The molecule has 1 N–H and O–H groups in total. The smallest absolute Gasteiger partial charge is 0.311 e. The molecule has 0 aromatic heterocycles. The summed E-state index contributed by atoms with van der Waals surface area (Å²) in [5.41, 5.74) is 0.894. The topological polar surface area (TPSA) is 40.5 Å². The van der Waals surface area contributed by atoms with E-state index >= 15 is 0 Å². The Morgan fingerprint density at radius 1 is 1.26 bits per heavy atom. The van der Waals surface area contributed by atoms with E-state index in [1.165, 1.54) is 0 Å². The van der Waals surface area contributed by atoms with Gasteiger partial charge in [0.05, 0.1) is 5.92 Å². The number of hydrogen-bond donors (Lipinski definition) is 1. The van der Waals surface area contributed by atoms with E-state index in [0.29, 0.717) is 5.75 Å². The van der Waals surface area contributed by atoms with Gasteiger partial charge in [-0.05, 0) is 18.7 Å².